The minimum atomic E-state index is -3.66. The van der Waals surface area contributed by atoms with Crippen LogP contribution in [0.1, 0.15) is 53.2 Å². The number of amides is 1. The summed E-state index contributed by atoms with van der Waals surface area (Å²) in [4.78, 5) is 14.9. The summed E-state index contributed by atoms with van der Waals surface area (Å²) >= 11 is 1.54. The lowest BCUT2D eigenvalue weighted by molar-refractivity contribution is 0.103. The van der Waals surface area contributed by atoms with Crippen LogP contribution in [-0.2, 0) is 22.9 Å². The van der Waals surface area contributed by atoms with Gasteiger partial charge in [0.25, 0.3) is 5.91 Å². The number of hydrogen-bond acceptors (Lipinski definition) is 5. The average Bonchev–Trinajstić information content (AvgIpc) is 3.39. The van der Waals surface area contributed by atoms with Gasteiger partial charge in [-0.25, -0.2) is 8.42 Å². The number of ether oxygens (including phenoxy) is 1. The van der Waals surface area contributed by atoms with Gasteiger partial charge in [0.15, 0.2) is 0 Å². The molecule has 0 unspecified atom stereocenters. The molecular formula is C22H28N2O4S2. The molecule has 30 heavy (non-hydrogen) atoms. The maximum atomic E-state index is 13.1. The Labute approximate surface area is 182 Å². The first kappa shape index (κ1) is 21.3. The zero-order valence-electron chi connectivity index (χ0n) is 17.4. The summed E-state index contributed by atoms with van der Waals surface area (Å²) in [6.07, 6.45) is 4.92. The van der Waals surface area contributed by atoms with Gasteiger partial charge < -0.3 is 10.1 Å². The molecule has 1 aliphatic carbocycles. The Kier molecular flexibility index (Phi) is 6.18. The standard InChI is InChI=1S/C22H28N2O4S2/c1-3-28-18-8-7-17(14-21(18)30(26,27)24-10-4-5-11-24)23-22(25)20-13-16-12-15(2)6-9-19(16)29-20/h7-8,13-15H,3-6,9-12H2,1-2H3,(H,23,25)/t15-/m1/s1. The fourth-order valence-corrected chi connectivity index (χ4v) is 6.92. The largest absolute Gasteiger partial charge is 0.492 e. The smallest absolute Gasteiger partial charge is 0.265 e. The molecule has 1 aromatic heterocycles. The van der Waals surface area contributed by atoms with E-state index in [0.29, 0.717) is 41.9 Å². The van der Waals surface area contributed by atoms with E-state index >= 15 is 0 Å². The van der Waals surface area contributed by atoms with Crippen LogP contribution < -0.4 is 10.1 Å². The third-order valence-electron chi connectivity index (χ3n) is 5.74. The highest BCUT2D eigenvalue weighted by Crippen LogP contribution is 2.34. The first-order valence-electron chi connectivity index (χ1n) is 10.6. The summed E-state index contributed by atoms with van der Waals surface area (Å²) in [5.74, 6) is 0.770. The molecule has 0 spiro atoms. The van der Waals surface area contributed by atoms with E-state index in [1.165, 1.54) is 20.8 Å². The Morgan fingerprint density at radius 2 is 2.03 bits per heavy atom. The van der Waals surface area contributed by atoms with Crippen LogP contribution in [0.15, 0.2) is 29.2 Å². The van der Waals surface area contributed by atoms with Crippen molar-refractivity contribution in [2.24, 2.45) is 5.92 Å². The predicted octanol–water partition coefficient (Wildman–Crippen LogP) is 4.31. The minimum absolute atomic E-state index is 0.114. The van der Waals surface area contributed by atoms with E-state index in [-0.39, 0.29) is 10.8 Å². The number of thiophene rings is 1. The van der Waals surface area contributed by atoms with Gasteiger partial charge in [-0.15, -0.1) is 11.3 Å². The molecule has 1 saturated heterocycles. The van der Waals surface area contributed by atoms with Gasteiger partial charge in [-0.1, -0.05) is 6.92 Å². The van der Waals surface area contributed by atoms with Gasteiger partial charge >= 0.3 is 0 Å². The lowest BCUT2D eigenvalue weighted by Gasteiger charge is -2.19. The summed E-state index contributed by atoms with van der Waals surface area (Å²) in [7, 11) is -3.66. The number of fused-ring (bicyclic) bond motifs is 1. The van der Waals surface area contributed by atoms with Crippen molar-refractivity contribution in [1.82, 2.24) is 4.31 Å². The molecule has 1 N–H and O–H groups in total. The highest BCUT2D eigenvalue weighted by molar-refractivity contribution is 7.89. The van der Waals surface area contributed by atoms with Gasteiger partial charge in [0.05, 0.1) is 11.5 Å². The maximum absolute atomic E-state index is 13.1. The van der Waals surface area contributed by atoms with Crippen molar-refractivity contribution in [1.29, 1.82) is 0 Å². The zero-order chi connectivity index (χ0) is 21.3. The van der Waals surface area contributed by atoms with Crippen LogP contribution in [0.5, 0.6) is 5.75 Å². The third kappa shape index (κ3) is 4.26. The van der Waals surface area contributed by atoms with Crippen molar-refractivity contribution >= 4 is 33.0 Å². The van der Waals surface area contributed by atoms with Crippen LogP contribution in [0.4, 0.5) is 5.69 Å². The Morgan fingerprint density at radius 1 is 1.27 bits per heavy atom. The highest BCUT2D eigenvalue weighted by Gasteiger charge is 2.30. The van der Waals surface area contributed by atoms with Gasteiger partial charge in [0.2, 0.25) is 10.0 Å². The van der Waals surface area contributed by atoms with Crippen molar-refractivity contribution < 1.29 is 17.9 Å². The lowest BCUT2D eigenvalue weighted by atomic mass is 9.90. The molecular weight excluding hydrogens is 420 g/mol. The van der Waals surface area contributed by atoms with Gasteiger partial charge in [-0.05, 0) is 74.8 Å². The monoisotopic (exact) mass is 448 g/mol. The molecule has 162 valence electrons. The molecule has 8 heteroatoms. The predicted molar refractivity (Wildman–Crippen MR) is 119 cm³/mol. The number of nitrogens with zero attached hydrogens (tertiary/aromatic N) is 1. The molecule has 0 bridgehead atoms. The molecule has 0 radical (unpaired) electrons. The number of sulfonamides is 1. The number of carbonyl (C=O) groups is 1. The van der Waals surface area contributed by atoms with Gasteiger partial charge in [-0.3, -0.25) is 4.79 Å². The third-order valence-corrected chi connectivity index (χ3v) is 8.89. The molecule has 0 saturated carbocycles. The Balaban J connectivity index is 1.59. The van der Waals surface area contributed by atoms with Gasteiger partial charge in [-0.2, -0.15) is 4.31 Å². The molecule has 1 fully saturated rings. The van der Waals surface area contributed by atoms with E-state index in [1.807, 2.05) is 13.0 Å². The molecule has 1 amide bonds. The van der Waals surface area contributed by atoms with Gasteiger partial charge in [0.1, 0.15) is 10.6 Å². The van der Waals surface area contributed by atoms with Crippen LogP contribution in [-0.4, -0.2) is 38.3 Å². The fourth-order valence-electron chi connectivity index (χ4n) is 4.14. The molecule has 1 aromatic carbocycles. The van der Waals surface area contributed by atoms with Crippen molar-refractivity contribution in [3.8, 4) is 5.75 Å². The van der Waals surface area contributed by atoms with E-state index in [0.717, 1.165) is 32.1 Å². The SMILES string of the molecule is CCOc1ccc(NC(=O)c2cc3c(s2)CC[C@@H](C)C3)cc1S(=O)(=O)N1CCCC1. The van der Waals surface area contributed by atoms with Crippen molar-refractivity contribution in [3.63, 3.8) is 0 Å². The zero-order valence-corrected chi connectivity index (χ0v) is 19.1. The number of benzene rings is 1. The number of rotatable bonds is 6. The summed E-state index contributed by atoms with van der Waals surface area (Å²) in [6.45, 7) is 5.46. The molecule has 2 aromatic rings. The van der Waals surface area contributed by atoms with Crippen LogP contribution in [0.3, 0.4) is 0 Å². The van der Waals surface area contributed by atoms with E-state index in [9.17, 15) is 13.2 Å². The van der Waals surface area contributed by atoms with Crippen LogP contribution in [0, 0.1) is 5.92 Å². The number of carbonyl (C=O) groups excluding carboxylic acids is 1. The maximum Gasteiger partial charge on any atom is 0.265 e. The number of aryl methyl sites for hydroxylation is 1. The quantitative estimate of drug-likeness (QED) is 0.715. The van der Waals surface area contributed by atoms with E-state index in [2.05, 4.69) is 12.2 Å². The van der Waals surface area contributed by atoms with Crippen molar-refractivity contribution in [2.45, 2.75) is 50.8 Å². The summed E-state index contributed by atoms with van der Waals surface area (Å²) in [5.41, 5.74) is 1.73. The highest BCUT2D eigenvalue weighted by atomic mass is 32.2. The molecule has 4 rings (SSSR count). The normalized spacial score (nSPS) is 19.5. The molecule has 2 aliphatic rings. The average molecular weight is 449 g/mol. The lowest BCUT2D eigenvalue weighted by Crippen LogP contribution is -2.28. The second-order valence-corrected chi connectivity index (χ2v) is 11.1. The van der Waals surface area contributed by atoms with Crippen LogP contribution >= 0.6 is 11.3 Å². The minimum Gasteiger partial charge on any atom is -0.492 e. The van der Waals surface area contributed by atoms with Gasteiger partial charge in [0, 0.05) is 23.7 Å². The van der Waals surface area contributed by atoms with Crippen molar-refractivity contribution in [3.05, 3.63) is 39.6 Å². The first-order valence-corrected chi connectivity index (χ1v) is 12.8. The Hall–Kier alpha value is -1.90. The number of nitrogens with one attached hydrogen (secondary N) is 1. The topological polar surface area (TPSA) is 75.7 Å². The molecule has 6 nitrogen and oxygen atoms in total. The molecule has 1 atom stereocenters. The second-order valence-electron chi connectivity index (χ2n) is 8.07. The van der Waals surface area contributed by atoms with E-state index in [4.69, 9.17) is 4.74 Å². The first-order chi connectivity index (χ1) is 14.4. The Morgan fingerprint density at radius 3 is 2.77 bits per heavy atom. The summed E-state index contributed by atoms with van der Waals surface area (Å²) in [6, 6.07) is 6.83. The fraction of sp³-hybridized carbons (Fsp3) is 0.500. The number of anilines is 1. The Bertz CT molecular complexity index is 1040. The summed E-state index contributed by atoms with van der Waals surface area (Å²) < 4.78 is 33.3. The van der Waals surface area contributed by atoms with E-state index < -0.39 is 10.0 Å². The van der Waals surface area contributed by atoms with Crippen LogP contribution in [0.25, 0.3) is 0 Å². The van der Waals surface area contributed by atoms with E-state index in [1.54, 1.807) is 23.5 Å². The van der Waals surface area contributed by atoms with Crippen LogP contribution in [0.2, 0.25) is 0 Å². The molecule has 2 heterocycles. The number of hydrogen-bond donors (Lipinski definition) is 1. The summed E-state index contributed by atoms with van der Waals surface area (Å²) in [5, 5.41) is 2.88. The molecule has 1 aliphatic heterocycles. The second kappa shape index (κ2) is 8.69. The van der Waals surface area contributed by atoms with Crippen molar-refractivity contribution in [2.75, 3.05) is 25.0 Å².